The monoisotopic (exact) mass is 539 g/mol. The zero-order chi connectivity index (χ0) is 24.1. The minimum atomic E-state index is -0.497. The van der Waals surface area contributed by atoms with E-state index in [0.717, 1.165) is 39.8 Å². The Morgan fingerprint density at radius 2 is 1.94 bits per heavy atom. The molecule has 0 saturated heterocycles. The normalized spacial score (nSPS) is 15.8. The van der Waals surface area contributed by atoms with E-state index >= 15 is 0 Å². The number of nitrogens with one attached hydrogen (secondary N) is 2. The van der Waals surface area contributed by atoms with E-state index in [2.05, 4.69) is 31.4 Å². The fraction of sp³-hybridized carbons (Fsp3) is 0.348. The fourth-order valence-electron chi connectivity index (χ4n) is 4.15. The van der Waals surface area contributed by atoms with Crippen molar-refractivity contribution in [1.29, 1.82) is 0 Å². The summed E-state index contributed by atoms with van der Waals surface area (Å²) in [5.41, 5.74) is 7.36. The van der Waals surface area contributed by atoms with Crippen molar-refractivity contribution in [1.82, 2.24) is 5.32 Å². The van der Waals surface area contributed by atoms with Gasteiger partial charge in [-0.15, -0.1) is 22.7 Å². The number of carbonyl (C=O) groups is 2. The predicted molar refractivity (Wildman–Crippen MR) is 143 cm³/mol. The molecule has 4 N–H and O–H groups in total. The Hall–Kier alpha value is -1.71. The van der Waals surface area contributed by atoms with Gasteiger partial charge in [0.1, 0.15) is 9.88 Å². The molecule has 4 rings (SSSR count). The molecule has 1 aliphatic carbocycles. The van der Waals surface area contributed by atoms with Crippen LogP contribution in [0.4, 0.5) is 5.00 Å². The zero-order valence-corrected chi connectivity index (χ0v) is 22.3. The summed E-state index contributed by atoms with van der Waals surface area (Å²) in [6, 6.07) is 5.27. The molecule has 3 aromatic rings. The van der Waals surface area contributed by atoms with Gasteiger partial charge in [-0.25, -0.2) is 0 Å². The van der Waals surface area contributed by atoms with Gasteiger partial charge in [0, 0.05) is 20.0 Å². The molecule has 0 spiro atoms. The highest BCUT2D eigenvalue weighted by molar-refractivity contribution is 7.80. The fourth-order valence-corrected chi connectivity index (χ4v) is 7.44. The van der Waals surface area contributed by atoms with Crippen molar-refractivity contribution in [2.45, 2.75) is 40.0 Å². The SMILES string of the molecule is CC(C)(C)C1CCc2c(sc(NC(=S)NC(=O)c3sc4cc(Cl)ccc4c3Cl)c2C(N)=O)C1. The van der Waals surface area contributed by atoms with E-state index in [1.807, 2.05) is 0 Å². The lowest BCUT2D eigenvalue weighted by Gasteiger charge is -2.33. The van der Waals surface area contributed by atoms with Gasteiger partial charge < -0.3 is 11.1 Å². The summed E-state index contributed by atoms with van der Waals surface area (Å²) in [6.45, 7) is 6.71. The first-order valence-electron chi connectivity index (χ1n) is 10.4. The lowest BCUT2D eigenvalue weighted by Crippen LogP contribution is -2.34. The largest absolute Gasteiger partial charge is 0.365 e. The van der Waals surface area contributed by atoms with E-state index in [4.69, 9.17) is 41.2 Å². The quantitative estimate of drug-likeness (QED) is 0.325. The molecular weight excluding hydrogens is 517 g/mol. The molecule has 2 aromatic heterocycles. The maximum Gasteiger partial charge on any atom is 0.269 e. The lowest BCUT2D eigenvalue weighted by molar-refractivity contribution is 0.0979. The minimum absolute atomic E-state index is 0.0834. The molecule has 2 amide bonds. The molecule has 174 valence electrons. The third-order valence-electron chi connectivity index (χ3n) is 5.99. The molecule has 0 bridgehead atoms. The highest BCUT2D eigenvalue weighted by Gasteiger charge is 2.33. The summed E-state index contributed by atoms with van der Waals surface area (Å²) >= 11 is 20.6. The van der Waals surface area contributed by atoms with Crippen molar-refractivity contribution in [3.8, 4) is 0 Å². The molecule has 0 aliphatic heterocycles. The van der Waals surface area contributed by atoms with Gasteiger partial charge in [0.2, 0.25) is 0 Å². The van der Waals surface area contributed by atoms with Gasteiger partial charge in [0.05, 0.1) is 10.6 Å². The zero-order valence-electron chi connectivity index (χ0n) is 18.3. The van der Waals surface area contributed by atoms with Crippen LogP contribution in [-0.4, -0.2) is 16.9 Å². The van der Waals surface area contributed by atoms with E-state index in [1.165, 1.54) is 22.7 Å². The van der Waals surface area contributed by atoms with Crippen LogP contribution < -0.4 is 16.4 Å². The topological polar surface area (TPSA) is 84.2 Å². The Bertz CT molecular complexity index is 1290. The van der Waals surface area contributed by atoms with Crippen molar-refractivity contribution in [2.24, 2.45) is 17.1 Å². The average Bonchev–Trinajstić information content (AvgIpc) is 3.23. The highest BCUT2D eigenvalue weighted by Crippen LogP contribution is 2.44. The first-order valence-corrected chi connectivity index (χ1v) is 13.2. The van der Waals surface area contributed by atoms with Crippen molar-refractivity contribution in [3.05, 3.63) is 49.1 Å². The smallest absolute Gasteiger partial charge is 0.269 e. The highest BCUT2D eigenvalue weighted by atomic mass is 35.5. The number of rotatable bonds is 3. The molecule has 0 fully saturated rings. The first-order chi connectivity index (χ1) is 15.5. The Labute approximate surface area is 215 Å². The van der Waals surface area contributed by atoms with E-state index in [-0.39, 0.29) is 10.5 Å². The summed E-state index contributed by atoms with van der Waals surface area (Å²) in [4.78, 5) is 26.6. The number of carbonyl (C=O) groups excluding carboxylic acids is 2. The van der Waals surface area contributed by atoms with Crippen LogP contribution in [0, 0.1) is 11.3 Å². The van der Waals surface area contributed by atoms with Crippen LogP contribution in [0.2, 0.25) is 10.0 Å². The molecule has 1 aromatic carbocycles. The van der Waals surface area contributed by atoms with Gasteiger partial charge in [-0.2, -0.15) is 0 Å². The van der Waals surface area contributed by atoms with Crippen LogP contribution in [0.1, 0.15) is 57.7 Å². The van der Waals surface area contributed by atoms with Crippen molar-refractivity contribution in [3.63, 3.8) is 0 Å². The molecule has 1 aliphatic rings. The first kappa shape index (κ1) is 24.4. The van der Waals surface area contributed by atoms with Gasteiger partial charge in [-0.05, 0) is 60.5 Å². The molecule has 1 unspecified atom stereocenters. The molecule has 0 radical (unpaired) electrons. The number of anilines is 1. The van der Waals surface area contributed by atoms with Gasteiger partial charge in [0.25, 0.3) is 11.8 Å². The molecule has 2 heterocycles. The van der Waals surface area contributed by atoms with E-state index in [9.17, 15) is 9.59 Å². The number of thiophene rings is 2. The molecular formula is C23H23Cl2N3O2S3. The second-order valence-electron chi connectivity index (χ2n) is 9.17. The van der Waals surface area contributed by atoms with Crippen molar-refractivity contribution in [2.75, 3.05) is 5.32 Å². The van der Waals surface area contributed by atoms with Crippen molar-refractivity contribution >= 4 is 90.1 Å². The Balaban J connectivity index is 1.54. The van der Waals surface area contributed by atoms with Crippen LogP contribution in [0.25, 0.3) is 10.1 Å². The standard InChI is InChI=1S/C23H23Cl2N3O2S3/c1-23(2,3)10-4-6-12-14(8-10)33-21(16(12)19(26)29)28-22(31)27-20(30)18-17(25)13-7-5-11(24)9-15(13)32-18/h5,7,9-10H,4,6,8H2,1-3H3,(H2,26,29)(H2,27,28,30,31). The number of hydrogen-bond acceptors (Lipinski definition) is 5. The van der Waals surface area contributed by atoms with Crippen LogP contribution in [0.15, 0.2) is 18.2 Å². The maximum atomic E-state index is 12.9. The van der Waals surface area contributed by atoms with Crippen LogP contribution in [-0.2, 0) is 12.8 Å². The maximum absolute atomic E-state index is 12.9. The Kier molecular flexibility index (Phi) is 6.77. The number of primary amides is 1. The third kappa shape index (κ3) is 4.91. The lowest BCUT2D eigenvalue weighted by atomic mass is 9.72. The van der Waals surface area contributed by atoms with Crippen LogP contribution >= 0.6 is 58.1 Å². The summed E-state index contributed by atoms with van der Waals surface area (Å²) in [6.07, 6.45) is 2.69. The van der Waals surface area contributed by atoms with E-state index in [1.54, 1.807) is 18.2 Å². The average molecular weight is 541 g/mol. The number of benzene rings is 1. The van der Waals surface area contributed by atoms with Gasteiger partial charge in [-0.3, -0.25) is 14.9 Å². The summed E-state index contributed by atoms with van der Waals surface area (Å²) in [5, 5.41) is 8.02. The molecule has 0 saturated carbocycles. The predicted octanol–water partition coefficient (Wildman–Crippen LogP) is 6.65. The summed E-state index contributed by atoms with van der Waals surface area (Å²) < 4.78 is 0.812. The number of thiocarbonyl (C=S) groups is 1. The van der Waals surface area contributed by atoms with E-state index < -0.39 is 11.8 Å². The molecule has 10 heteroatoms. The summed E-state index contributed by atoms with van der Waals surface area (Å²) in [7, 11) is 0. The Morgan fingerprint density at radius 1 is 1.21 bits per heavy atom. The number of nitrogens with two attached hydrogens (primary N) is 1. The second-order valence-corrected chi connectivity index (χ2v) is 12.6. The number of hydrogen-bond donors (Lipinski definition) is 3. The molecule has 33 heavy (non-hydrogen) atoms. The molecule has 1 atom stereocenters. The van der Waals surface area contributed by atoms with Gasteiger partial charge >= 0.3 is 0 Å². The number of amides is 2. The number of fused-ring (bicyclic) bond motifs is 2. The Morgan fingerprint density at radius 3 is 2.61 bits per heavy atom. The van der Waals surface area contributed by atoms with Crippen molar-refractivity contribution < 1.29 is 9.59 Å². The molecule has 5 nitrogen and oxygen atoms in total. The third-order valence-corrected chi connectivity index (χ3v) is 9.25. The summed E-state index contributed by atoms with van der Waals surface area (Å²) in [5.74, 6) is -0.403. The van der Waals surface area contributed by atoms with E-state index in [0.29, 0.717) is 31.4 Å². The van der Waals surface area contributed by atoms with Crippen LogP contribution in [0.3, 0.4) is 0 Å². The van der Waals surface area contributed by atoms with Gasteiger partial charge in [0.15, 0.2) is 5.11 Å². The van der Waals surface area contributed by atoms with Crippen LogP contribution in [0.5, 0.6) is 0 Å². The van der Waals surface area contributed by atoms with Gasteiger partial charge in [-0.1, -0.05) is 50.0 Å². The number of halogens is 2. The second kappa shape index (κ2) is 9.15. The minimum Gasteiger partial charge on any atom is -0.365 e.